The number of rotatable bonds is 2. The molecule has 1 aromatic heterocycles. The fourth-order valence-corrected chi connectivity index (χ4v) is 3.63. The highest BCUT2D eigenvalue weighted by molar-refractivity contribution is 9.10. The van der Waals surface area contributed by atoms with Crippen LogP contribution in [0, 0.1) is 6.92 Å². The summed E-state index contributed by atoms with van der Waals surface area (Å²) in [5.74, 6) is -0.308. The summed E-state index contributed by atoms with van der Waals surface area (Å²) in [6, 6.07) is 14.6. The molecule has 0 saturated carbocycles. The Kier molecular flexibility index (Phi) is 3.45. The Labute approximate surface area is 152 Å². The molecular weight excluding hydrogens is 384 g/mol. The number of aromatic nitrogens is 2. The molecular formula is C18H15BrN4O2. The van der Waals surface area contributed by atoms with E-state index >= 15 is 0 Å². The van der Waals surface area contributed by atoms with Crippen molar-refractivity contribution in [2.75, 3.05) is 11.1 Å². The highest BCUT2D eigenvalue weighted by atomic mass is 79.9. The molecule has 3 aromatic rings. The minimum atomic E-state index is -1.89. The number of carbonyl (C=O) groups excluding carboxylic acids is 1. The van der Waals surface area contributed by atoms with Gasteiger partial charge in [-0.25, -0.2) is 4.68 Å². The second-order valence-corrected chi connectivity index (χ2v) is 6.86. The van der Waals surface area contributed by atoms with Crippen molar-refractivity contribution in [2.45, 2.75) is 12.5 Å². The molecule has 126 valence electrons. The van der Waals surface area contributed by atoms with Crippen LogP contribution in [0.2, 0.25) is 0 Å². The Morgan fingerprint density at radius 1 is 1.24 bits per heavy atom. The van der Waals surface area contributed by atoms with Crippen LogP contribution >= 0.6 is 15.9 Å². The predicted molar refractivity (Wildman–Crippen MR) is 98.5 cm³/mol. The van der Waals surface area contributed by atoms with Crippen LogP contribution in [-0.2, 0) is 10.4 Å². The SMILES string of the molecule is Cc1nn(-c2ccccc2)c(N)c1C1(O)C(=O)Nc2ccc(Br)cc21. The van der Waals surface area contributed by atoms with Crippen LogP contribution in [0.1, 0.15) is 16.8 Å². The van der Waals surface area contributed by atoms with Gasteiger partial charge in [0, 0.05) is 15.7 Å². The van der Waals surface area contributed by atoms with Crippen LogP contribution in [0.5, 0.6) is 0 Å². The third-order valence-electron chi connectivity index (χ3n) is 4.41. The number of amides is 1. The van der Waals surface area contributed by atoms with Gasteiger partial charge in [-0.1, -0.05) is 34.1 Å². The van der Waals surface area contributed by atoms with Crippen LogP contribution in [0.25, 0.3) is 5.69 Å². The molecule has 0 aliphatic carbocycles. The van der Waals surface area contributed by atoms with E-state index in [0.29, 0.717) is 22.5 Å². The summed E-state index contributed by atoms with van der Waals surface area (Å²) in [6.07, 6.45) is 0. The van der Waals surface area contributed by atoms with Gasteiger partial charge in [-0.2, -0.15) is 5.10 Å². The van der Waals surface area contributed by atoms with Crippen molar-refractivity contribution in [3.63, 3.8) is 0 Å². The molecule has 1 aliphatic rings. The molecule has 1 aliphatic heterocycles. The topological polar surface area (TPSA) is 93.2 Å². The van der Waals surface area contributed by atoms with E-state index in [1.165, 1.54) is 4.68 Å². The summed E-state index contributed by atoms with van der Waals surface area (Å²) in [4.78, 5) is 12.6. The van der Waals surface area contributed by atoms with Crippen molar-refractivity contribution in [1.29, 1.82) is 0 Å². The van der Waals surface area contributed by atoms with Gasteiger partial charge in [0.15, 0.2) is 0 Å². The monoisotopic (exact) mass is 398 g/mol. The number of carbonyl (C=O) groups is 1. The molecule has 7 heteroatoms. The third kappa shape index (κ3) is 2.20. The van der Waals surface area contributed by atoms with Gasteiger partial charge in [0.2, 0.25) is 5.60 Å². The Morgan fingerprint density at radius 3 is 2.68 bits per heavy atom. The molecule has 4 rings (SSSR count). The summed E-state index contributed by atoms with van der Waals surface area (Å²) in [5.41, 5.74) is 6.97. The van der Waals surface area contributed by atoms with Gasteiger partial charge in [0.05, 0.1) is 16.9 Å². The zero-order valence-electron chi connectivity index (χ0n) is 13.3. The van der Waals surface area contributed by atoms with Crippen molar-refractivity contribution >= 4 is 33.3 Å². The number of para-hydroxylation sites is 1. The molecule has 1 unspecified atom stereocenters. The minimum Gasteiger partial charge on any atom is -0.383 e. The Balaban J connectivity index is 1.96. The number of nitrogens with one attached hydrogen (secondary N) is 1. The van der Waals surface area contributed by atoms with Crippen LogP contribution in [0.4, 0.5) is 11.5 Å². The fraction of sp³-hybridized carbons (Fsp3) is 0.111. The number of nitrogens with zero attached hydrogens (tertiary/aromatic N) is 2. The highest BCUT2D eigenvalue weighted by Gasteiger charge is 2.50. The van der Waals surface area contributed by atoms with E-state index in [9.17, 15) is 9.90 Å². The van der Waals surface area contributed by atoms with Crippen molar-refractivity contribution in [1.82, 2.24) is 9.78 Å². The molecule has 2 aromatic carbocycles. The summed E-state index contributed by atoms with van der Waals surface area (Å²) < 4.78 is 2.29. The van der Waals surface area contributed by atoms with E-state index < -0.39 is 11.5 Å². The zero-order chi connectivity index (χ0) is 17.8. The maximum atomic E-state index is 12.6. The van der Waals surface area contributed by atoms with E-state index in [0.717, 1.165) is 10.2 Å². The summed E-state index contributed by atoms with van der Waals surface area (Å²) in [7, 11) is 0. The van der Waals surface area contributed by atoms with Gasteiger partial charge in [-0.15, -0.1) is 0 Å². The number of benzene rings is 2. The van der Waals surface area contributed by atoms with Gasteiger partial charge in [-0.05, 0) is 37.3 Å². The largest absolute Gasteiger partial charge is 0.383 e. The molecule has 25 heavy (non-hydrogen) atoms. The molecule has 2 heterocycles. The van der Waals surface area contributed by atoms with Crippen LogP contribution in [0.3, 0.4) is 0 Å². The van der Waals surface area contributed by atoms with Crippen molar-refractivity contribution in [3.05, 3.63) is 69.8 Å². The summed E-state index contributed by atoms with van der Waals surface area (Å²) in [5, 5.41) is 18.5. The maximum absolute atomic E-state index is 12.6. The van der Waals surface area contributed by atoms with Crippen molar-refractivity contribution < 1.29 is 9.90 Å². The van der Waals surface area contributed by atoms with Gasteiger partial charge in [0.25, 0.3) is 5.91 Å². The Morgan fingerprint density at radius 2 is 1.96 bits per heavy atom. The lowest BCUT2D eigenvalue weighted by molar-refractivity contribution is -0.129. The summed E-state index contributed by atoms with van der Waals surface area (Å²) in [6.45, 7) is 1.73. The second-order valence-electron chi connectivity index (χ2n) is 5.95. The number of nitrogens with two attached hydrogens (primary N) is 1. The molecule has 6 nitrogen and oxygen atoms in total. The van der Waals surface area contributed by atoms with Crippen LogP contribution in [-0.4, -0.2) is 20.8 Å². The lowest BCUT2D eigenvalue weighted by Gasteiger charge is -2.21. The highest BCUT2D eigenvalue weighted by Crippen LogP contribution is 2.45. The average molecular weight is 399 g/mol. The van der Waals surface area contributed by atoms with Crippen LogP contribution in [0.15, 0.2) is 53.0 Å². The number of anilines is 2. The smallest absolute Gasteiger partial charge is 0.266 e. The maximum Gasteiger partial charge on any atom is 0.266 e. The van der Waals surface area contributed by atoms with Gasteiger partial charge in [0.1, 0.15) is 5.82 Å². The Bertz CT molecular complexity index is 1000. The predicted octanol–water partition coefficient (Wildman–Crippen LogP) is 2.71. The standard InChI is InChI=1S/C18H15BrN4O2/c1-10-15(16(20)23(22-10)12-5-3-2-4-6-12)18(25)13-9-11(19)7-8-14(13)21-17(18)24/h2-9,25H,20H2,1H3,(H,21,24). The second kappa shape index (κ2) is 5.44. The first-order chi connectivity index (χ1) is 11.9. The molecule has 0 saturated heterocycles. The first-order valence-corrected chi connectivity index (χ1v) is 8.47. The molecule has 1 atom stereocenters. The number of fused-ring (bicyclic) bond motifs is 1. The average Bonchev–Trinajstić information content (AvgIpc) is 3.03. The quantitative estimate of drug-likeness (QED) is 0.618. The van der Waals surface area contributed by atoms with Crippen LogP contribution < -0.4 is 11.1 Å². The number of halogens is 1. The van der Waals surface area contributed by atoms with Crippen molar-refractivity contribution in [2.24, 2.45) is 0 Å². The first kappa shape index (κ1) is 15.9. The molecule has 1 amide bonds. The number of hydrogen-bond donors (Lipinski definition) is 3. The van der Waals surface area contributed by atoms with E-state index in [4.69, 9.17) is 5.73 Å². The molecule has 4 N–H and O–H groups in total. The van der Waals surface area contributed by atoms with Gasteiger partial charge in [-0.3, -0.25) is 4.79 Å². The van der Waals surface area contributed by atoms with Gasteiger partial charge < -0.3 is 16.2 Å². The molecule has 0 spiro atoms. The number of nitrogen functional groups attached to an aromatic ring is 1. The lowest BCUT2D eigenvalue weighted by Crippen LogP contribution is -2.36. The van der Waals surface area contributed by atoms with E-state index in [-0.39, 0.29) is 5.82 Å². The number of hydrogen-bond acceptors (Lipinski definition) is 4. The lowest BCUT2D eigenvalue weighted by atomic mass is 9.87. The number of aryl methyl sites for hydroxylation is 1. The number of aliphatic hydroxyl groups is 1. The molecule has 0 radical (unpaired) electrons. The third-order valence-corrected chi connectivity index (χ3v) is 4.90. The molecule has 0 fully saturated rings. The normalized spacial score (nSPS) is 18.9. The van der Waals surface area contributed by atoms with E-state index in [2.05, 4.69) is 26.3 Å². The van der Waals surface area contributed by atoms with Gasteiger partial charge >= 0.3 is 0 Å². The summed E-state index contributed by atoms with van der Waals surface area (Å²) >= 11 is 3.39. The zero-order valence-corrected chi connectivity index (χ0v) is 14.9. The fourth-order valence-electron chi connectivity index (χ4n) is 3.27. The van der Waals surface area contributed by atoms with E-state index in [1.54, 1.807) is 25.1 Å². The van der Waals surface area contributed by atoms with E-state index in [1.807, 2.05) is 30.3 Å². The molecule has 0 bridgehead atoms. The van der Waals surface area contributed by atoms with Crippen molar-refractivity contribution in [3.8, 4) is 5.69 Å². The first-order valence-electron chi connectivity index (χ1n) is 7.67. The Hall–Kier alpha value is -2.64. The minimum absolute atomic E-state index is 0.231.